The van der Waals surface area contributed by atoms with Gasteiger partial charge in [0.25, 0.3) is 0 Å². The summed E-state index contributed by atoms with van der Waals surface area (Å²) in [6.07, 6.45) is 0. The van der Waals surface area contributed by atoms with Crippen LogP contribution in [0.15, 0.2) is 18.2 Å². The Bertz CT molecular complexity index is 354. The van der Waals surface area contributed by atoms with Crippen molar-refractivity contribution < 1.29 is 4.74 Å². The van der Waals surface area contributed by atoms with Gasteiger partial charge in [0, 0.05) is 13.1 Å². The monoisotopic (exact) mass is 205 g/mol. The van der Waals surface area contributed by atoms with E-state index < -0.39 is 0 Å². The van der Waals surface area contributed by atoms with Crippen LogP contribution < -0.4 is 5.32 Å². The molecule has 1 aromatic rings. The van der Waals surface area contributed by atoms with E-state index in [9.17, 15) is 0 Å². The number of aryl methyl sites for hydroxylation is 2. The number of ether oxygens (including phenoxy) is 1. The highest BCUT2D eigenvalue weighted by molar-refractivity contribution is 5.35. The third-order valence-electron chi connectivity index (χ3n) is 3.12. The molecule has 0 spiro atoms. The van der Waals surface area contributed by atoms with Crippen LogP contribution in [0.5, 0.6) is 0 Å². The van der Waals surface area contributed by atoms with Crippen molar-refractivity contribution >= 4 is 0 Å². The van der Waals surface area contributed by atoms with Gasteiger partial charge < -0.3 is 10.1 Å². The zero-order valence-corrected chi connectivity index (χ0v) is 9.76. The van der Waals surface area contributed by atoms with Crippen molar-refractivity contribution in [2.24, 2.45) is 0 Å². The summed E-state index contributed by atoms with van der Waals surface area (Å²) in [6.45, 7) is 9.10. The van der Waals surface area contributed by atoms with E-state index in [0.717, 1.165) is 19.7 Å². The van der Waals surface area contributed by atoms with Crippen molar-refractivity contribution in [3.05, 3.63) is 34.9 Å². The quantitative estimate of drug-likeness (QED) is 0.758. The third kappa shape index (κ3) is 2.06. The summed E-state index contributed by atoms with van der Waals surface area (Å²) in [4.78, 5) is 0. The highest BCUT2D eigenvalue weighted by Gasteiger charge is 2.31. The zero-order valence-electron chi connectivity index (χ0n) is 9.76. The second-order valence-electron chi connectivity index (χ2n) is 4.57. The van der Waals surface area contributed by atoms with Gasteiger partial charge in [0.2, 0.25) is 0 Å². The molecule has 0 amide bonds. The Morgan fingerprint density at radius 2 is 2.13 bits per heavy atom. The maximum absolute atomic E-state index is 5.92. The molecule has 1 saturated heterocycles. The van der Waals surface area contributed by atoms with Crippen molar-refractivity contribution in [3.8, 4) is 0 Å². The predicted molar refractivity (Wildman–Crippen MR) is 62.1 cm³/mol. The first-order valence-corrected chi connectivity index (χ1v) is 5.54. The minimum absolute atomic E-state index is 0.158. The lowest BCUT2D eigenvalue weighted by Gasteiger charge is -2.36. The van der Waals surface area contributed by atoms with Gasteiger partial charge in [0.15, 0.2) is 0 Å². The highest BCUT2D eigenvalue weighted by Crippen LogP contribution is 2.29. The minimum Gasteiger partial charge on any atom is -0.368 e. The second-order valence-corrected chi connectivity index (χ2v) is 4.57. The van der Waals surface area contributed by atoms with Crippen LogP contribution in [-0.2, 0) is 10.3 Å². The molecule has 1 heterocycles. The zero-order chi connectivity index (χ0) is 10.9. The number of hydrogen-bond acceptors (Lipinski definition) is 2. The van der Waals surface area contributed by atoms with Crippen molar-refractivity contribution in [2.45, 2.75) is 26.4 Å². The molecular formula is C13H19NO. The van der Waals surface area contributed by atoms with Crippen LogP contribution in [0.1, 0.15) is 23.6 Å². The second kappa shape index (κ2) is 3.95. The van der Waals surface area contributed by atoms with Gasteiger partial charge in [0.05, 0.1) is 6.61 Å². The average Bonchev–Trinajstić information content (AvgIpc) is 2.23. The van der Waals surface area contributed by atoms with Crippen LogP contribution >= 0.6 is 0 Å². The molecule has 2 nitrogen and oxygen atoms in total. The van der Waals surface area contributed by atoms with E-state index in [4.69, 9.17) is 4.74 Å². The van der Waals surface area contributed by atoms with Gasteiger partial charge in [-0.05, 0) is 31.9 Å². The summed E-state index contributed by atoms with van der Waals surface area (Å²) in [5.74, 6) is 0. The maximum atomic E-state index is 5.92. The Morgan fingerprint density at radius 3 is 2.80 bits per heavy atom. The number of morpholine rings is 1. The number of benzene rings is 1. The molecule has 1 aliphatic rings. The SMILES string of the molecule is Cc1ccc(C)c(C2(C)CNCCO2)c1. The Kier molecular flexibility index (Phi) is 2.81. The third-order valence-corrected chi connectivity index (χ3v) is 3.12. The smallest absolute Gasteiger partial charge is 0.103 e. The van der Waals surface area contributed by atoms with E-state index in [1.165, 1.54) is 16.7 Å². The molecule has 0 aliphatic carbocycles. The number of nitrogens with one attached hydrogen (secondary N) is 1. The molecule has 0 radical (unpaired) electrons. The van der Waals surface area contributed by atoms with Crippen molar-refractivity contribution in [1.29, 1.82) is 0 Å². The first-order chi connectivity index (χ1) is 7.12. The number of rotatable bonds is 1. The van der Waals surface area contributed by atoms with Gasteiger partial charge in [-0.15, -0.1) is 0 Å². The summed E-state index contributed by atoms with van der Waals surface area (Å²) in [5.41, 5.74) is 3.77. The van der Waals surface area contributed by atoms with Crippen LogP contribution in [-0.4, -0.2) is 19.7 Å². The summed E-state index contributed by atoms with van der Waals surface area (Å²) < 4.78 is 5.92. The summed E-state index contributed by atoms with van der Waals surface area (Å²) in [7, 11) is 0. The van der Waals surface area contributed by atoms with Crippen molar-refractivity contribution in [3.63, 3.8) is 0 Å². The lowest BCUT2D eigenvalue weighted by Crippen LogP contribution is -2.45. The van der Waals surface area contributed by atoms with E-state index in [1.54, 1.807) is 0 Å². The maximum Gasteiger partial charge on any atom is 0.103 e. The van der Waals surface area contributed by atoms with E-state index in [-0.39, 0.29) is 5.60 Å². The van der Waals surface area contributed by atoms with E-state index in [0.29, 0.717) is 0 Å². The predicted octanol–water partition coefficient (Wildman–Crippen LogP) is 2.14. The van der Waals surface area contributed by atoms with Crippen LogP contribution in [0, 0.1) is 13.8 Å². The first-order valence-electron chi connectivity index (χ1n) is 5.54. The Hall–Kier alpha value is -0.860. The fourth-order valence-corrected chi connectivity index (χ4v) is 2.20. The van der Waals surface area contributed by atoms with E-state index >= 15 is 0 Å². The summed E-state index contributed by atoms with van der Waals surface area (Å²) in [5, 5.41) is 3.40. The Morgan fingerprint density at radius 1 is 1.33 bits per heavy atom. The fourth-order valence-electron chi connectivity index (χ4n) is 2.20. The summed E-state index contributed by atoms with van der Waals surface area (Å²) >= 11 is 0. The van der Waals surface area contributed by atoms with Gasteiger partial charge >= 0.3 is 0 Å². The molecule has 1 atom stereocenters. The molecule has 0 aromatic heterocycles. The molecule has 1 aliphatic heterocycles. The molecule has 82 valence electrons. The normalized spacial score (nSPS) is 26.6. The first kappa shape index (κ1) is 10.7. The lowest BCUT2D eigenvalue weighted by molar-refractivity contribution is -0.0576. The van der Waals surface area contributed by atoms with Gasteiger partial charge in [-0.25, -0.2) is 0 Å². The number of hydrogen-bond donors (Lipinski definition) is 1. The van der Waals surface area contributed by atoms with Crippen LogP contribution in [0.4, 0.5) is 0 Å². The Balaban J connectivity index is 2.38. The Labute approximate surface area is 91.6 Å². The molecule has 1 unspecified atom stereocenters. The molecular weight excluding hydrogens is 186 g/mol. The topological polar surface area (TPSA) is 21.3 Å². The molecule has 2 rings (SSSR count). The van der Waals surface area contributed by atoms with Gasteiger partial charge in [-0.2, -0.15) is 0 Å². The largest absolute Gasteiger partial charge is 0.368 e. The van der Waals surface area contributed by atoms with Crippen LogP contribution in [0.25, 0.3) is 0 Å². The molecule has 1 N–H and O–H groups in total. The highest BCUT2D eigenvalue weighted by atomic mass is 16.5. The van der Waals surface area contributed by atoms with Gasteiger partial charge in [-0.3, -0.25) is 0 Å². The van der Waals surface area contributed by atoms with Crippen LogP contribution in [0.3, 0.4) is 0 Å². The molecule has 0 bridgehead atoms. The lowest BCUT2D eigenvalue weighted by atomic mass is 9.89. The minimum atomic E-state index is -0.158. The van der Waals surface area contributed by atoms with Gasteiger partial charge in [0.1, 0.15) is 5.60 Å². The van der Waals surface area contributed by atoms with Crippen LogP contribution in [0.2, 0.25) is 0 Å². The molecule has 2 heteroatoms. The molecule has 15 heavy (non-hydrogen) atoms. The molecule has 1 fully saturated rings. The van der Waals surface area contributed by atoms with Crippen molar-refractivity contribution in [2.75, 3.05) is 19.7 Å². The fraction of sp³-hybridized carbons (Fsp3) is 0.538. The standard InChI is InChI=1S/C13H19NO/c1-10-4-5-11(2)12(8-10)13(3)9-14-6-7-15-13/h4-5,8,14H,6-7,9H2,1-3H3. The summed E-state index contributed by atoms with van der Waals surface area (Å²) in [6, 6.07) is 6.56. The van der Waals surface area contributed by atoms with Gasteiger partial charge in [-0.1, -0.05) is 23.8 Å². The van der Waals surface area contributed by atoms with Crippen molar-refractivity contribution in [1.82, 2.24) is 5.32 Å². The van der Waals surface area contributed by atoms with E-state index in [1.807, 2.05) is 0 Å². The molecule has 1 aromatic carbocycles. The average molecular weight is 205 g/mol. The molecule has 0 saturated carbocycles. The van der Waals surface area contributed by atoms with E-state index in [2.05, 4.69) is 44.3 Å².